The van der Waals surface area contributed by atoms with Crippen LogP contribution in [-0.2, 0) is 5.92 Å². The van der Waals surface area contributed by atoms with Gasteiger partial charge in [-0.3, -0.25) is 10.00 Å². The molecule has 4 rings (SSSR count). The second kappa shape index (κ2) is 8.13. The molecule has 2 atom stereocenters. The third-order valence-electron chi connectivity index (χ3n) is 5.20. The number of hydrogen-bond donors (Lipinski definition) is 2. The van der Waals surface area contributed by atoms with Gasteiger partial charge in [0, 0.05) is 24.2 Å². The average Bonchev–Trinajstić information content (AvgIpc) is 3.20. The number of aromatic nitrogens is 4. The van der Waals surface area contributed by atoms with Crippen LogP contribution in [0.2, 0.25) is 0 Å². The molecule has 11 heteroatoms. The molecule has 1 fully saturated rings. The summed E-state index contributed by atoms with van der Waals surface area (Å²) in [5.41, 5.74) is -0.176. The van der Waals surface area contributed by atoms with E-state index in [4.69, 9.17) is 0 Å². The van der Waals surface area contributed by atoms with E-state index in [0.29, 0.717) is 23.3 Å². The quantitative estimate of drug-likeness (QED) is 0.585. The van der Waals surface area contributed by atoms with Crippen molar-refractivity contribution in [1.29, 1.82) is 0 Å². The van der Waals surface area contributed by atoms with E-state index in [2.05, 4.69) is 25.5 Å². The number of H-pyrrole nitrogens is 1. The van der Waals surface area contributed by atoms with Crippen LogP contribution in [0, 0.1) is 0 Å². The summed E-state index contributed by atoms with van der Waals surface area (Å²) < 4.78 is 69.1. The Kier molecular flexibility index (Phi) is 5.54. The van der Waals surface area contributed by atoms with E-state index in [1.807, 2.05) is 0 Å². The molecule has 2 aromatic heterocycles. The number of nitrogens with zero attached hydrogens (tertiary/aromatic N) is 4. The molecule has 3 heterocycles. The molecule has 160 valence electrons. The molecule has 0 aliphatic carbocycles. The van der Waals surface area contributed by atoms with Crippen molar-refractivity contribution in [2.24, 2.45) is 0 Å². The van der Waals surface area contributed by atoms with Crippen LogP contribution < -0.4 is 5.32 Å². The van der Waals surface area contributed by atoms with Crippen LogP contribution in [-0.4, -0.2) is 56.9 Å². The Labute approximate surface area is 168 Å². The summed E-state index contributed by atoms with van der Waals surface area (Å²) in [5, 5.41) is 10.2. The van der Waals surface area contributed by atoms with Crippen LogP contribution in [0.5, 0.6) is 0 Å². The second-order valence-electron chi connectivity index (χ2n) is 7.27. The first-order valence-corrected chi connectivity index (χ1v) is 9.37. The zero-order valence-corrected chi connectivity index (χ0v) is 15.7. The van der Waals surface area contributed by atoms with Crippen molar-refractivity contribution >= 4 is 16.9 Å². The lowest BCUT2D eigenvalue weighted by molar-refractivity contribution is -0.0491. The predicted octanol–water partition coefficient (Wildman–Crippen LogP) is 3.91. The van der Waals surface area contributed by atoms with Crippen molar-refractivity contribution in [3.05, 3.63) is 47.9 Å². The van der Waals surface area contributed by atoms with Crippen molar-refractivity contribution in [2.45, 2.75) is 31.0 Å². The Bertz CT molecular complexity index is 993. The molecule has 0 bridgehead atoms. The standard InChI is InChI=1S/C19H19F5N6/c20-14-8-30(9-19(23,24)12-3-1-11(2-4-12)16(21)22)6-5-15(14)28-17-13-7-27-29-18(13)26-10-25-17/h1-4,7,10,14-16H,5-6,8-9H2,(H2,25,26,27,28,29)/t14-,15+/m1/s1. The Morgan fingerprint density at radius 1 is 1.20 bits per heavy atom. The first-order valence-electron chi connectivity index (χ1n) is 9.37. The third-order valence-corrected chi connectivity index (χ3v) is 5.20. The van der Waals surface area contributed by atoms with Gasteiger partial charge >= 0.3 is 0 Å². The summed E-state index contributed by atoms with van der Waals surface area (Å²) in [4.78, 5) is 9.47. The molecule has 30 heavy (non-hydrogen) atoms. The van der Waals surface area contributed by atoms with Gasteiger partial charge in [-0.15, -0.1) is 0 Å². The molecule has 0 amide bonds. The highest BCUT2D eigenvalue weighted by molar-refractivity contribution is 5.85. The summed E-state index contributed by atoms with van der Waals surface area (Å²) >= 11 is 0. The summed E-state index contributed by atoms with van der Waals surface area (Å²) in [6, 6.07) is 3.37. The molecule has 2 N–H and O–H groups in total. The van der Waals surface area contributed by atoms with Crippen LogP contribution in [0.3, 0.4) is 0 Å². The van der Waals surface area contributed by atoms with Crippen LogP contribution in [0.4, 0.5) is 27.8 Å². The SMILES string of the molecule is FC(F)c1ccc(C(F)(F)CN2CC[C@H](Nc3ncnc4[nH]ncc34)[C@H](F)C2)cc1. The topological polar surface area (TPSA) is 69.7 Å². The maximum absolute atomic E-state index is 14.7. The largest absolute Gasteiger partial charge is 0.364 e. The second-order valence-corrected chi connectivity index (χ2v) is 7.27. The van der Waals surface area contributed by atoms with Gasteiger partial charge in [0.25, 0.3) is 12.3 Å². The number of piperidine rings is 1. The normalized spacial score (nSPS) is 20.7. The summed E-state index contributed by atoms with van der Waals surface area (Å²) in [6.07, 6.45) is -0.965. The van der Waals surface area contributed by atoms with Gasteiger partial charge in [0.1, 0.15) is 18.3 Å². The predicted molar refractivity (Wildman–Crippen MR) is 100 cm³/mol. The molecular weight excluding hydrogens is 407 g/mol. The van der Waals surface area contributed by atoms with Crippen molar-refractivity contribution in [1.82, 2.24) is 25.1 Å². The van der Waals surface area contributed by atoms with Crippen molar-refractivity contribution in [2.75, 3.05) is 25.0 Å². The van der Waals surface area contributed by atoms with Gasteiger partial charge < -0.3 is 5.32 Å². The fourth-order valence-electron chi connectivity index (χ4n) is 3.57. The maximum Gasteiger partial charge on any atom is 0.285 e. The fraction of sp³-hybridized carbons (Fsp3) is 0.421. The molecule has 1 aliphatic heterocycles. The number of halogens is 5. The minimum absolute atomic E-state index is 0.179. The summed E-state index contributed by atoms with van der Waals surface area (Å²) in [5.74, 6) is -2.85. The number of alkyl halides is 5. The minimum atomic E-state index is -3.28. The Balaban J connectivity index is 1.38. The lowest BCUT2D eigenvalue weighted by Gasteiger charge is -2.36. The number of hydrogen-bond acceptors (Lipinski definition) is 5. The zero-order valence-electron chi connectivity index (χ0n) is 15.7. The van der Waals surface area contributed by atoms with E-state index in [9.17, 15) is 22.0 Å². The molecule has 0 spiro atoms. The smallest absolute Gasteiger partial charge is 0.285 e. The van der Waals surface area contributed by atoms with Crippen LogP contribution in [0.15, 0.2) is 36.8 Å². The van der Waals surface area contributed by atoms with Gasteiger partial charge in [0.15, 0.2) is 5.65 Å². The fourth-order valence-corrected chi connectivity index (χ4v) is 3.57. The van der Waals surface area contributed by atoms with Crippen LogP contribution >= 0.6 is 0 Å². The number of likely N-dealkylation sites (tertiary alicyclic amines) is 1. The van der Waals surface area contributed by atoms with Gasteiger partial charge in [-0.2, -0.15) is 13.9 Å². The Morgan fingerprint density at radius 3 is 2.67 bits per heavy atom. The highest BCUT2D eigenvalue weighted by Gasteiger charge is 2.38. The lowest BCUT2D eigenvalue weighted by Crippen LogP contribution is -2.50. The van der Waals surface area contributed by atoms with E-state index in [1.54, 1.807) is 0 Å². The average molecular weight is 426 g/mol. The van der Waals surface area contributed by atoms with Crippen molar-refractivity contribution < 1.29 is 22.0 Å². The summed E-state index contributed by atoms with van der Waals surface area (Å²) in [7, 11) is 0. The number of nitrogens with one attached hydrogen (secondary N) is 2. The van der Waals surface area contributed by atoms with Crippen molar-refractivity contribution in [3.63, 3.8) is 0 Å². The molecule has 1 aliphatic rings. The molecule has 0 saturated carbocycles. The minimum Gasteiger partial charge on any atom is -0.364 e. The van der Waals surface area contributed by atoms with Gasteiger partial charge in [0.05, 0.1) is 24.2 Å². The first kappa shape index (κ1) is 20.5. The van der Waals surface area contributed by atoms with Crippen LogP contribution in [0.1, 0.15) is 24.0 Å². The number of benzene rings is 1. The molecule has 1 aromatic carbocycles. The molecular formula is C19H19F5N6. The highest BCUT2D eigenvalue weighted by Crippen LogP contribution is 2.32. The van der Waals surface area contributed by atoms with Gasteiger partial charge in [0.2, 0.25) is 0 Å². The molecule has 6 nitrogen and oxygen atoms in total. The van der Waals surface area contributed by atoms with Gasteiger partial charge in [-0.05, 0) is 6.42 Å². The molecule has 0 unspecified atom stereocenters. The van der Waals surface area contributed by atoms with E-state index in [-0.39, 0.29) is 24.2 Å². The lowest BCUT2D eigenvalue weighted by atomic mass is 10.0. The van der Waals surface area contributed by atoms with E-state index in [1.165, 1.54) is 17.4 Å². The molecule has 1 saturated heterocycles. The van der Waals surface area contributed by atoms with Gasteiger partial charge in [-0.25, -0.2) is 23.1 Å². The monoisotopic (exact) mass is 426 g/mol. The number of fused-ring (bicyclic) bond motifs is 1. The number of rotatable bonds is 6. The number of anilines is 1. The van der Waals surface area contributed by atoms with E-state index in [0.717, 1.165) is 24.3 Å². The molecule has 0 radical (unpaired) electrons. The van der Waals surface area contributed by atoms with Gasteiger partial charge in [-0.1, -0.05) is 24.3 Å². The highest BCUT2D eigenvalue weighted by atomic mass is 19.3. The number of aromatic amines is 1. The van der Waals surface area contributed by atoms with Crippen LogP contribution in [0.25, 0.3) is 11.0 Å². The van der Waals surface area contributed by atoms with Crippen molar-refractivity contribution in [3.8, 4) is 0 Å². The summed E-state index contributed by atoms with van der Waals surface area (Å²) in [6.45, 7) is -0.613. The maximum atomic E-state index is 14.7. The Hall–Kier alpha value is -2.82. The van der Waals surface area contributed by atoms with E-state index < -0.39 is 31.1 Å². The Morgan fingerprint density at radius 2 is 1.97 bits per heavy atom. The zero-order chi connectivity index (χ0) is 21.3. The first-order chi connectivity index (χ1) is 14.3. The third kappa shape index (κ3) is 4.20. The van der Waals surface area contributed by atoms with E-state index >= 15 is 0 Å². The molecule has 3 aromatic rings.